The van der Waals surface area contributed by atoms with E-state index in [9.17, 15) is 0 Å². The van der Waals surface area contributed by atoms with Crippen LogP contribution < -0.4 is 0 Å². The highest BCUT2D eigenvalue weighted by molar-refractivity contribution is 5.59. The maximum Gasteiger partial charge on any atom is 0.187 e. The maximum absolute atomic E-state index is 6.40. The van der Waals surface area contributed by atoms with Crippen LogP contribution in [0.2, 0.25) is 0 Å². The smallest absolute Gasteiger partial charge is 0.187 e. The number of hydrogen-bond acceptors (Lipinski definition) is 5. The van der Waals surface area contributed by atoms with E-state index in [2.05, 4.69) is 0 Å². The molecule has 5 heteroatoms. The minimum absolute atomic E-state index is 0.342. The molecule has 4 aromatic rings. The summed E-state index contributed by atoms with van der Waals surface area (Å²) in [4.78, 5) is 0. The van der Waals surface area contributed by atoms with Crippen LogP contribution in [0, 0.1) is 0 Å². The summed E-state index contributed by atoms with van der Waals surface area (Å²) in [6.07, 6.45) is -1.38. The van der Waals surface area contributed by atoms with Gasteiger partial charge in [-0.25, -0.2) is 0 Å². The van der Waals surface area contributed by atoms with Crippen molar-refractivity contribution in [1.29, 1.82) is 0 Å². The lowest BCUT2D eigenvalue weighted by Gasteiger charge is -2.34. The molecule has 1 aromatic heterocycles. The zero-order chi connectivity index (χ0) is 23.2. The van der Waals surface area contributed by atoms with Gasteiger partial charge in [0.05, 0.1) is 25.4 Å². The number of hydrogen-bond donors (Lipinski definition) is 0. The maximum atomic E-state index is 6.40. The van der Waals surface area contributed by atoms with Crippen molar-refractivity contribution in [3.05, 3.63) is 120 Å². The summed E-state index contributed by atoms with van der Waals surface area (Å²) in [5.41, 5.74) is 4.02. The summed E-state index contributed by atoms with van der Waals surface area (Å²) in [7, 11) is 1.64. The third-order valence-corrected chi connectivity index (χ3v) is 5.88. The molecule has 0 fully saturated rings. The first kappa shape index (κ1) is 22.6. The summed E-state index contributed by atoms with van der Waals surface area (Å²) in [6.45, 7) is 1.27. The standard InChI is InChI=1S/C29H28O5/c1-30-29-24-17-25(23-15-9-4-10-16-23)33-27(24)28(32-19-22-13-7-3-8-14-22)26(34-29)20-31-18-21-11-5-2-6-12-21/h2-17,26,28-29H,18-20H2,1H3/t26-,28+,29+/m1/s1. The van der Waals surface area contributed by atoms with Gasteiger partial charge in [0.2, 0.25) is 0 Å². The molecule has 5 nitrogen and oxygen atoms in total. The molecule has 0 N–H and O–H groups in total. The first-order valence-electron chi connectivity index (χ1n) is 11.5. The van der Waals surface area contributed by atoms with Crippen molar-refractivity contribution in [3.8, 4) is 11.3 Å². The zero-order valence-electron chi connectivity index (χ0n) is 19.1. The van der Waals surface area contributed by atoms with Crippen molar-refractivity contribution in [2.24, 2.45) is 0 Å². The molecule has 5 rings (SSSR count). The number of fused-ring (bicyclic) bond motifs is 1. The normalized spacial score (nSPS) is 19.6. The fourth-order valence-corrected chi connectivity index (χ4v) is 4.16. The monoisotopic (exact) mass is 456 g/mol. The Bertz CT molecular complexity index is 1160. The summed E-state index contributed by atoms with van der Waals surface area (Å²) in [6, 6.07) is 32.2. The highest BCUT2D eigenvalue weighted by atomic mass is 16.7. The van der Waals surface area contributed by atoms with Crippen molar-refractivity contribution < 1.29 is 23.4 Å². The number of rotatable bonds is 9. The van der Waals surface area contributed by atoms with Gasteiger partial charge in [-0.05, 0) is 17.2 Å². The molecular weight excluding hydrogens is 428 g/mol. The van der Waals surface area contributed by atoms with Gasteiger partial charge < -0.3 is 23.4 Å². The van der Waals surface area contributed by atoms with Gasteiger partial charge in [0.25, 0.3) is 0 Å². The number of benzene rings is 3. The van der Waals surface area contributed by atoms with E-state index in [1.54, 1.807) is 7.11 Å². The fourth-order valence-electron chi connectivity index (χ4n) is 4.16. The Kier molecular flexibility index (Phi) is 7.17. The topological polar surface area (TPSA) is 50.1 Å². The average Bonchev–Trinajstić information content (AvgIpc) is 3.35. The molecule has 2 heterocycles. The van der Waals surface area contributed by atoms with Gasteiger partial charge in [-0.1, -0.05) is 91.0 Å². The van der Waals surface area contributed by atoms with E-state index in [-0.39, 0.29) is 6.10 Å². The molecule has 0 unspecified atom stereocenters. The first-order valence-corrected chi connectivity index (χ1v) is 11.5. The first-order chi connectivity index (χ1) is 16.8. The molecule has 0 radical (unpaired) electrons. The fraction of sp³-hybridized carbons (Fsp3) is 0.241. The van der Waals surface area contributed by atoms with Crippen molar-refractivity contribution in [2.75, 3.05) is 13.7 Å². The Labute approximate surface area is 199 Å². The van der Waals surface area contributed by atoms with Crippen LogP contribution in [0.4, 0.5) is 0 Å². The lowest BCUT2D eigenvalue weighted by Crippen LogP contribution is -2.35. The molecular formula is C29H28O5. The second-order valence-electron chi connectivity index (χ2n) is 8.26. The Hall–Kier alpha value is -3.22. The van der Waals surface area contributed by atoms with Gasteiger partial charge in [-0.15, -0.1) is 0 Å². The van der Waals surface area contributed by atoms with Crippen LogP contribution in [0.15, 0.2) is 101 Å². The van der Waals surface area contributed by atoms with Gasteiger partial charge in [0, 0.05) is 12.7 Å². The largest absolute Gasteiger partial charge is 0.458 e. The van der Waals surface area contributed by atoms with Gasteiger partial charge in [0.1, 0.15) is 23.7 Å². The summed E-state index contributed by atoms with van der Waals surface area (Å²) >= 11 is 0. The van der Waals surface area contributed by atoms with E-state index in [4.69, 9.17) is 23.4 Å². The predicted molar refractivity (Wildman–Crippen MR) is 129 cm³/mol. The molecule has 3 aromatic carbocycles. The summed E-state index contributed by atoms with van der Waals surface area (Å²) in [5, 5.41) is 0. The SMILES string of the molecule is CO[C@H]1O[C@H](COCc2ccccc2)[C@H](OCc2ccccc2)c2oc(-c3ccccc3)cc21. The molecule has 0 spiro atoms. The van der Waals surface area contributed by atoms with Crippen LogP contribution in [-0.2, 0) is 32.2 Å². The van der Waals surface area contributed by atoms with Crippen molar-refractivity contribution >= 4 is 0 Å². The summed E-state index contributed by atoms with van der Waals surface area (Å²) in [5.74, 6) is 1.48. The molecule has 1 aliphatic rings. The Morgan fingerprint density at radius 1 is 0.765 bits per heavy atom. The Morgan fingerprint density at radius 2 is 1.38 bits per heavy atom. The van der Waals surface area contributed by atoms with Gasteiger partial charge in [0.15, 0.2) is 6.29 Å². The number of methoxy groups -OCH3 is 1. The Balaban J connectivity index is 1.41. The second-order valence-corrected chi connectivity index (χ2v) is 8.26. The van der Waals surface area contributed by atoms with Gasteiger partial charge in [-0.3, -0.25) is 0 Å². The molecule has 0 amide bonds. The second kappa shape index (κ2) is 10.8. The van der Waals surface area contributed by atoms with E-state index in [0.29, 0.717) is 19.8 Å². The summed E-state index contributed by atoms with van der Waals surface area (Å²) < 4.78 is 30.8. The predicted octanol–water partition coefficient (Wildman–Crippen LogP) is 6.47. The van der Waals surface area contributed by atoms with Crippen LogP contribution in [0.5, 0.6) is 0 Å². The van der Waals surface area contributed by atoms with Crippen molar-refractivity contribution in [1.82, 2.24) is 0 Å². The van der Waals surface area contributed by atoms with E-state index in [1.807, 2.05) is 97.1 Å². The highest BCUT2D eigenvalue weighted by Crippen LogP contribution is 2.43. The van der Waals surface area contributed by atoms with Crippen LogP contribution in [0.1, 0.15) is 34.8 Å². The lowest BCUT2D eigenvalue weighted by molar-refractivity contribution is -0.226. The number of furan rings is 1. The molecule has 34 heavy (non-hydrogen) atoms. The van der Waals surface area contributed by atoms with Gasteiger partial charge >= 0.3 is 0 Å². The molecule has 3 atom stereocenters. The average molecular weight is 457 g/mol. The molecule has 0 saturated carbocycles. The quantitative estimate of drug-likeness (QED) is 0.289. The van der Waals surface area contributed by atoms with E-state index in [0.717, 1.165) is 33.8 Å². The zero-order valence-corrected chi connectivity index (χ0v) is 19.1. The minimum Gasteiger partial charge on any atom is -0.458 e. The van der Waals surface area contributed by atoms with Crippen LogP contribution in [0.25, 0.3) is 11.3 Å². The van der Waals surface area contributed by atoms with Crippen LogP contribution in [0.3, 0.4) is 0 Å². The van der Waals surface area contributed by atoms with Crippen molar-refractivity contribution in [3.63, 3.8) is 0 Å². The third-order valence-electron chi connectivity index (χ3n) is 5.88. The van der Waals surface area contributed by atoms with E-state index >= 15 is 0 Å². The molecule has 1 aliphatic heterocycles. The van der Waals surface area contributed by atoms with E-state index < -0.39 is 12.4 Å². The number of ether oxygens (including phenoxy) is 4. The lowest BCUT2D eigenvalue weighted by atomic mass is 10.0. The van der Waals surface area contributed by atoms with Crippen LogP contribution in [-0.4, -0.2) is 19.8 Å². The molecule has 0 bridgehead atoms. The van der Waals surface area contributed by atoms with Crippen molar-refractivity contribution in [2.45, 2.75) is 31.7 Å². The molecule has 0 aliphatic carbocycles. The van der Waals surface area contributed by atoms with Gasteiger partial charge in [-0.2, -0.15) is 0 Å². The van der Waals surface area contributed by atoms with E-state index in [1.165, 1.54) is 0 Å². The minimum atomic E-state index is -0.557. The Morgan fingerprint density at radius 3 is 2.03 bits per heavy atom. The third kappa shape index (κ3) is 5.13. The van der Waals surface area contributed by atoms with Crippen LogP contribution >= 0.6 is 0 Å². The highest BCUT2D eigenvalue weighted by Gasteiger charge is 2.40. The molecule has 0 saturated heterocycles. The molecule has 174 valence electrons.